The van der Waals surface area contributed by atoms with Gasteiger partial charge in [0.2, 0.25) is 0 Å². The number of nitrogens with two attached hydrogens (primary N) is 1. The maximum Gasteiger partial charge on any atom is 0.164 e. The van der Waals surface area contributed by atoms with Gasteiger partial charge in [-0.1, -0.05) is 28.1 Å². The Morgan fingerprint density at radius 3 is 2.62 bits per heavy atom. The van der Waals surface area contributed by atoms with Crippen LogP contribution in [-0.2, 0) is 4.74 Å². The number of hydrogen-bond acceptors (Lipinski definition) is 3. The van der Waals surface area contributed by atoms with E-state index in [-0.39, 0.29) is 11.8 Å². The summed E-state index contributed by atoms with van der Waals surface area (Å²) in [6.07, 6.45) is 1.07. The van der Waals surface area contributed by atoms with Crippen LogP contribution in [0.25, 0.3) is 0 Å². The van der Waals surface area contributed by atoms with Crippen molar-refractivity contribution < 1.29 is 9.53 Å². The zero-order chi connectivity index (χ0) is 12.0. The van der Waals surface area contributed by atoms with Crippen molar-refractivity contribution in [2.24, 2.45) is 5.73 Å². The van der Waals surface area contributed by atoms with Crippen molar-refractivity contribution in [3.05, 3.63) is 34.3 Å². The van der Waals surface area contributed by atoms with Gasteiger partial charge in [-0.15, -0.1) is 0 Å². The Morgan fingerprint density at radius 1 is 1.44 bits per heavy atom. The van der Waals surface area contributed by atoms with E-state index in [0.717, 1.165) is 4.47 Å². The molecule has 1 aromatic carbocycles. The van der Waals surface area contributed by atoms with Crippen molar-refractivity contribution in [1.82, 2.24) is 0 Å². The van der Waals surface area contributed by atoms with E-state index >= 15 is 0 Å². The maximum absolute atomic E-state index is 11.8. The van der Waals surface area contributed by atoms with E-state index in [2.05, 4.69) is 15.9 Å². The van der Waals surface area contributed by atoms with Crippen molar-refractivity contribution in [3.8, 4) is 0 Å². The third-order valence-corrected chi connectivity index (χ3v) is 2.84. The number of carbonyl (C=O) groups is 1. The van der Waals surface area contributed by atoms with Crippen LogP contribution < -0.4 is 5.73 Å². The molecule has 1 aromatic rings. The Bertz CT molecular complexity index is 337. The number of carbonyl (C=O) groups excluding carboxylic acids is 1. The van der Waals surface area contributed by atoms with Gasteiger partial charge in [-0.3, -0.25) is 4.79 Å². The molecule has 0 aliphatic rings. The van der Waals surface area contributed by atoms with Crippen LogP contribution in [-0.4, -0.2) is 25.5 Å². The first-order valence-corrected chi connectivity index (χ1v) is 5.96. The number of ketones is 1. The Morgan fingerprint density at radius 2 is 2.06 bits per heavy atom. The van der Waals surface area contributed by atoms with Gasteiger partial charge in [-0.2, -0.15) is 0 Å². The molecule has 1 atom stereocenters. The molecular formula is C12H16BrNO2. The van der Waals surface area contributed by atoms with Gasteiger partial charge in [0.05, 0.1) is 0 Å². The second-order valence-electron chi connectivity index (χ2n) is 3.68. The summed E-state index contributed by atoms with van der Waals surface area (Å²) in [5, 5.41) is 0. The minimum absolute atomic E-state index is 0.0797. The monoisotopic (exact) mass is 285 g/mol. The number of halogens is 1. The molecule has 3 nitrogen and oxygen atoms in total. The molecule has 1 unspecified atom stereocenters. The molecule has 16 heavy (non-hydrogen) atoms. The van der Waals surface area contributed by atoms with Gasteiger partial charge in [0.1, 0.15) is 0 Å². The van der Waals surface area contributed by atoms with E-state index in [4.69, 9.17) is 10.5 Å². The van der Waals surface area contributed by atoms with Crippen molar-refractivity contribution in [3.63, 3.8) is 0 Å². The summed E-state index contributed by atoms with van der Waals surface area (Å²) < 4.78 is 5.88. The lowest BCUT2D eigenvalue weighted by atomic mass is 10.0. The highest BCUT2D eigenvalue weighted by Gasteiger charge is 2.11. The zero-order valence-corrected chi connectivity index (χ0v) is 10.9. The lowest BCUT2D eigenvalue weighted by Gasteiger charge is -2.09. The fourth-order valence-corrected chi connectivity index (χ4v) is 1.63. The molecule has 88 valence electrons. The molecule has 0 saturated heterocycles. The fraction of sp³-hybridized carbons (Fsp3) is 0.417. The normalized spacial score (nSPS) is 12.4. The van der Waals surface area contributed by atoms with Gasteiger partial charge < -0.3 is 10.5 Å². The van der Waals surface area contributed by atoms with Gasteiger partial charge in [-0.05, 0) is 18.6 Å². The second-order valence-corrected chi connectivity index (χ2v) is 4.59. The molecule has 0 aliphatic carbocycles. The van der Waals surface area contributed by atoms with Crippen LogP contribution in [0.3, 0.4) is 0 Å². The number of methoxy groups -OCH3 is 1. The highest BCUT2D eigenvalue weighted by Crippen LogP contribution is 2.12. The average Bonchev–Trinajstić information content (AvgIpc) is 2.27. The molecule has 0 aromatic heterocycles. The van der Waals surface area contributed by atoms with Crippen LogP contribution in [0.1, 0.15) is 23.2 Å². The summed E-state index contributed by atoms with van der Waals surface area (Å²) >= 11 is 3.33. The first kappa shape index (κ1) is 13.4. The molecule has 2 N–H and O–H groups in total. The first-order chi connectivity index (χ1) is 7.63. The summed E-state index contributed by atoms with van der Waals surface area (Å²) in [5.74, 6) is 0.0797. The fourth-order valence-electron chi connectivity index (χ4n) is 1.36. The maximum atomic E-state index is 11.8. The van der Waals surface area contributed by atoms with Crippen molar-refractivity contribution >= 4 is 21.7 Å². The molecule has 0 amide bonds. The van der Waals surface area contributed by atoms with E-state index in [9.17, 15) is 4.79 Å². The van der Waals surface area contributed by atoms with E-state index in [1.807, 2.05) is 12.1 Å². The van der Waals surface area contributed by atoms with Crippen LogP contribution in [0.15, 0.2) is 28.7 Å². The number of rotatable bonds is 6. The number of benzene rings is 1. The van der Waals surface area contributed by atoms with Crippen LogP contribution >= 0.6 is 15.9 Å². The van der Waals surface area contributed by atoms with Crippen molar-refractivity contribution in [2.75, 3.05) is 13.7 Å². The van der Waals surface area contributed by atoms with Crippen molar-refractivity contribution in [2.45, 2.75) is 18.9 Å². The SMILES string of the molecule is COCCC(N)CC(=O)c1ccc(Br)cc1. The summed E-state index contributed by atoms with van der Waals surface area (Å²) in [7, 11) is 1.63. The minimum atomic E-state index is -0.129. The average molecular weight is 286 g/mol. The highest BCUT2D eigenvalue weighted by atomic mass is 79.9. The third-order valence-electron chi connectivity index (χ3n) is 2.31. The summed E-state index contributed by atoms with van der Waals surface area (Å²) in [5.41, 5.74) is 6.52. The van der Waals surface area contributed by atoms with E-state index in [1.54, 1.807) is 19.2 Å². The highest BCUT2D eigenvalue weighted by molar-refractivity contribution is 9.10. The molecule has 4 heteroatoms. The van der Waals surface area contributed by atoms with Crippen LogP contribution in [0.4, 0.5) is 0 Å². The molecule has 0 spiro atoms. The molecule has 0 saturated carbocycles. The largest absolute Gasteiger partial charge is 0.385 e. The molecule has 0 fully saturated rings. The molecular weight excluding hydrogens is 270 g/mol. The molecule has 0 radical (unpaired) electrons. The predicted octanol–water partition coefficient (Wildman–Crippen LogP) is 2.39. The van der Waals surface area contributed by atoms with Crippen LogP contribution in [0.2, 0.25) is 0 Å². The van der Waals surface area contributed by atoms with Gasteiger partial charge in [0, 0.05) is 36.2 Å². The molecule has 0 heterocycles. The van der Waals surface area contributed by atoms with Gasteiger partial charge in [0.25, 0.3) is 0 Å². The zero-order valence-electron chi connectivity index (χ0n) is 9.28. The second kappa shape index (κ2) is 6.78. The quantitative estimate of drug-likeness (QED) is 0.817. The van der Waals surface area contributed by atoms with Crippen molar-refractivity contribution in [1.29, 1.82) is 0 Å². The topological polar surface area (TPSA) is 52.3 Å². The van der Waals surface area contributed by atoms with Crippen LogP contribution in [0, 0.1) is 0 Å². The van der Waals surface area contributed by atoms with Crippen LogP contribution in [0.5, 0.6) is 0 Å². The number of ether oxygens (including phenoxy) is 1. The Balaban J connectivity index is 2.48. The van der Waals surface area contributed by atoms with E-state index in [0.29, 0.717) is 25.0 Å². The van der Waals surface area contributed by atoms with E-state index < -0.39 is 0 Å². The molecule has 0 aliphatic heterocycles. The molecule has 1 rings (SSSR count). The standard InChI is InChI=1S/C12H16BrNO2/c1-16-7-6-11(14)8-12(15)9-2-4-10(13)5-3-9/h2-5,11H,6-8,14H2,1H3. The lowest BCUT2D eigenvalue weighted by Crippen LogP contribution is -2.25. The van der Waals surface area contributed by atoms with Gasteiger partial charge >= 0.3 is 0 Å². The summed E-state index contributed by atoms with van der Waals surface area (Å²) in [6.45, 7) is 0.592. The predicted molar refractivity (Wildman–Crippen MR) is 67.6 cm³/mol. The molecule has 0 bridgehead atoms. The summed E-state index contributed by atoms with van der Waals surface area (Å²) in [4.78, 5) is 11.8. The Kier molecular flexibility index (Phi) is 5.66. The third kappa shape index (κ3) is 4.43. The lowest BCUT2D eigenvalue weighted by molar-refractivity contribution is 0.0967. The Hall–Kier alpha value is -0.710. The smallest absolute Gasteiger partial charge is 0.164 e. The first-order valence-electron chi connectivity index (χ1n) is 5.16. The van der Waals surface area contributed by atoms with Gasteiger partial charge in [-0.25, -0.2) is 0 Å². The minimum Gasteiger partial charge on any atom is -0.385 e. The van der Waals surface area contributed by atoms with E-state index in [1.165, 1.54) is 0 Å². The number of Topliss-reactive ketones (excluding diaryl/α,β-unsaturated/α-hetero) is 1. The van der Waals surface area contributed by atoms with Gasteiger partial charge in [0.15, 0.2) is 5.78 Å². The number of hydrogen-bond donors (Lipinski definition) is 1. The summed E-state index contributed by atoms with van der Waals surface area (Å²) in [6, 6.07) is 7.18. The Labute approximate surface area is 104 Å².